The normalized spacial score (nSPS) is 22.3. The molecule has 1 aliphatic carbocycles. The van der Waals surface area contributed by atoms with Gasteiger partial charge in [0.25, 0.3) is 0 Å². The predicted molar refractivity (Wildman–Crippen MR) is 131 cm³/mol. The summed E-state index contributed by atoms with van der Waals surface area (Å²) in [5, 5.41) is 8.94. The van der Waals surface area contributed by atoms with Gasteiger partial charge in [-0.1, -0.05) is 30.3 Å². The quantitative estimate of drug-likeness (QED) is 0.439. The van der Waals surface area contributed by atoms with Crippen molar-refractivity contribution >= 4 is 22.5 Å². The molecule has 5 nitrogen and oxygen atoms in total. The van der Waals surface area contributed by atoms with Crippen molar-refractivity contribution in [3.63, 3.8) is 0 Å². The smallest absolute Gasteiger partial charge is 0.223 e. The van der Waals surface area contributed by atoms with Crippen LogP contribution in [-0.2, 0) is 4.79 Å². The first kappa shape index (κ1) is 20.9. The van der Waals surface area contributed by atoms with Gasteiger partial charge in [-0.15, -0.1) is 0 Å². The van der Waals surface area contributed by atoms with Crippen LogP contribution < -0.4 is 10.2 Å². The molecule has 1 saturated heterocycles. The van der Waals surface area contributed by atoms with Crippen LogP contribution >= 0.6 is 0 Å². The van der Waals surface area contributed by atoms with Gasteiger partial charge in [-0.25, -0.2) is 9.07 Å². The van der Waals surface area contributed by atoms with E-state index < -0.39 is 0 Å². The molecule has 1 aliphatic heterocycles. The summed E-state index contributed by atoms with van der Waals surface area (Å²) >= 11 is 0. The molecule has 6 rings (SSSR count). The fraction of sp³-hybridized carbons (Fsp3) is 0.286. The Morgan fingerprint density at radius 1 is 1.00 bits per heavy atom. The molecule has 1 unspecified atom stereocenters. The molecule has 0 radical (unpaired) electrons. The molecule has 1 saturated carbocycles. The van der Waals surface area contributed by atoms with Crippen molar-refractivity contribution in [3.8, 4) is 5.69 Å². The summed E-state index contributed by atoms with van der Waals surface area (Å²) in [6.07, 6.45) is 4.75. The van der Waals surface area contributed by atoms with Crippen molar-refractivity contribution in [2.75, 3.05) is 4.90 Å². The number of carbonyl (C=O) groups is 1. The molecule has 1 amide bonds. The van der Waals surface area contributed by atoms with Gasteiger partial charge in [0, 0.05) is 23.0 Å². The van der Waals surface area contributed by atoms with E-state index in [1.165, 1.54) is 17.7 Å². The summed E-state index contributed by atoms with van der Waals surface area (Å²) in [6, 6.07) is 23.6. The van der Waals surface area contributed by atoms with Gasteiger partial charge in [0.1, 0.15) is 5.82 Å². The van der Waals surface area contributed by atoms with Crippen molar-refractivity contribution in [1.82, 2.24) is 15.1 Å². The highest BCUT2D eigenvalue weighted by molar-refractivity contribution is 5.85. The number of hydrogen-bond acceptors (Lipinski definition) is 3. The minimum Gasteiger partial charge on any atom is -0.360 e. The maximum atomic E-state index is 13.4. The number of benzene rings is 3. The van der Waals surface area contributed by atoms with E-state index in [0.29, 0.717) is 0 Å². The standard InChI is InChI=1S/C28H27FN4O/c1-18-15-25(31-28(34)20-7-8-20)27(19-5-3-2-4-6-19)32(18)24-13-14-26-21(16-24)17-30-33(26)23-11-9-22(29)10-12-23/h2-6,9-14,16-18,20,25,27H,7-8,15H2,1H3,(H,31,34)/t18-,25?,27+/m0/s1. The molecular formula is C28H27FN4O. The molecule has 2 heterocycles. The molecule has 2 aliphatic rings. The fourth-order valence-corrected chi connectivity index (χ4v) is 5.29. The van der Waals surface area contributed by atoms with Crippen molar-refractivity contribution in [3.05, 3.63) is 90.4 Å². The second kappa shape index (κ2) is 8.28. The maximum Gasteiger partial charge on any atom is 0.223 e. The van der Waals surface area contributed by atoms with E-state index in [0.717, 1.165) is 41.5 Å². The summed E-state index contributed by atoms with van der Waals surface area (Å²) < 4.78 is 15.2. The van der Waals surface area contributed by atoms with Crippen LogP contribution in [0.1, 0.15) is 37.8 Å². The zero-order valence-corrected chi connectivity index (χ0v) is 19.1. The van der Waals surface area contributed by atoms with E-state index in [1.807, 2.05) is 16.9 Å². The summed E-state index contributed by atoms with van der Waals surface area (Å²) in [5.41, 5.74) is 4.10. The second-order valence-electron chi connectivity index (χ2n) is 9.51. The number of anilines is 1. The molecule has 3 atom stereocenters. The van der Waals surface area contributed by atoms with E-state index in [1.54, 1.807) is 12.1 Å². The first-order chi connectivity index (χ1) is 16.6. The highest BCUT2D eigenvalue weighted by atomic mass is 19.1. The molecule has 1 aromatic heterocycles. The Labute approximate surface area is 198 Å². The zero-order chi connectivity index (χ0) is 23.2. The van der Waals surface area contributed by atoms with Gasteiger partial charge in [-0.2, -0.15) is 5.10 Å². The molecule has 4 aromatic rings. The molecule has 1 N–H and O–H groups in total. The fourth-order valence-electron chi connectivity index (χ4n) is 5.29. The highest BCUT2D eigenvalue weighted by Gasteiger charge is 2.42. The van der Waals surface area contributed by atoms with Crippen LogP contribution in [-0.4, -0.2) is 27.8 Å². The van der Waals surface area contributed by atoms with E-state index in [4.69, 9.17) is 0 Å². The van der Waals surface area contributed by atoms with Crippen LogP contribution in [0.5, 0.6) is 0 Å². The van der Waals surface area contributed by atoms with Gasteiger partial charge in [0.05, 0.1) is 29.5 Å². The third-order valence-corrected chi connectivity index (χ3v) is 7.09. The van der Waals surface area contributed by atoms with Gasteiger partial charge in [-0.05, 0) is 74.2 Å². The highest BCUT2D eigenvalue weighted by Crippen LogP contribution is 2.42. The lowest BCUT2D eigenvalue weighted by Crippen LogP contribution is -2.40. The lowest BCUT2D eigenvalue weighted by Gasteiger charge is -2.33. The van der Waals surface area contributed by atoms with Crippen LogP contribution in [0.25, 0.3) is 16.6 Å². The van der Waals surface area contributed by atoms with Gasteiger partial charge in [0.15, 0.2) is 0 Å². The van der Waals surface area contributed by atoms with E-state index >= 15 is 0 Å². The SMILES string of the molecule is C[C@H]1CC(NC(=O)C2CC2)[C@@H](c2ccccc2)N1c1ccc2c(cnn2-c2ccc(F)cc2)c1. The summed E-state index contributed by atoms with van der Waals surface area (Å²) in [4.78, 5) is 15.1. The molecule has 0 spiro atoms. The Balaban J connectivity index is 1.37. The van der Waals surface area contributed by atoms with E-state index in [2.05, 4.69) is 64.7 Å². The Morgan fingerprint density at radius 2 is 1.74 bits per heavy atom. The number of hydrogen-bond donors (Lipinski definition) is 1. The lowest BCUT2D eigenvalue weighted by molar-refractivity contribution is -0.123. The number of nitrogens with zero attached hydrogens (tertiary/aromatic N) is 3. The van der Waals surface area contributed by atoms with Crippen molar-refractivity contribution in [2.45, 2.75) is 44.3 Å². The zero-order valence-electron chi connectivity index (χ0n) is 19.1. The van der Waals surface area contributed by atoms with Crippen molar-refractivity contribution < 1.29 is 9.18 Å². The van der Waals surface area contributed by atoms with Crippen LogP contribution in [0.3, 0.4) is 0 Å². The van der Waals surface area contributed by atoms with Crippen molar-refractivity contribution in [1.29, 1.82) is 0 Å². The number of rotatable bonds is 5. The van der Waals surface area contributed by atoms with E-state index in [9.17, 15) is 9.18 Å². The minimum atomic E-state index is -0.263. The minimum absolute atomic E-state index is 0.0585. The molecule has 172 valence electrons. The molecule has 0 bridgehead atoms. The number of halogens is 1. The topological polar surface area (TPSA) is 50.2 Å². The van der Waals surface area contributed by atoms with Crippen LogP contribution in [0, 0.1) is 11.7 Å². The van der Waals surface area contributed by atoms with E-state index in [-0.39, 0.29) is 35.8 Å². The molecule has 6 heteroatoms. The average Bonchev–Trinajstić information content (AvgIpc) is 3.55. The Hall–Kier alpha value is -3.67. The average molecular weight is 455 g/mol. The number of amides is 1. The molecule has 2 fully saturated rings. The Bertz CT molecular complexity index is 1330. The van der Waals surface area contributed by atoms with Gasteiger partial charge >= 0.3 is 0 Å². The lowest BCUT2D eigenvalue weighted by atomic mass is 9.99. The summed E-state index contributed by atoms with van der Waals surface area (Å²) in [5.74, 6) is 0.117. The first-order valence-electron chi connectivity index (χ1n) is 12.0. The van der Waals surface area contributed by atoms with Crippen LogP contribution in [0.4, 0.5) is 10.1 Å². The number of aromatic nitrogens is 2. The van der Waals surface area contributed by atoms with Crippen LogP contribution in [0.15, 0.2) is 79.0 Å². The molecular weight excluding hydrogens is 427 g/mol. The Kier molecular flexibility index (Phi) is 5.09. The molecule has 34 heavy (non-hydrogen) atoms. The van der Waals surface area contributed by atoms with Crippen molar-refractivity contribution in [2.24, 2.45) is 5.92 Å². The van der Waals surface area contributed by atoms with Gasteiger partial charge < -0.3 is 10.2 Å². The number of carbonyl (C=O) groups excluding carboxylic acids is 1. The first-order valence-corrected chi connectivity index (χ1v) is 12.0. The van der Waals surface area contributed by atoms with Crippen LogP contribution in [0.2, 0.25) is 0 Å². The van der Waals surface area contributed by atoms with Gasteiger partial charge in [-0.3, -0.25) is 4.79 Å². The maximum absolute atomic E-state index is 13.4. The number of nitrogens with one attached hydrogen (secondary N) is 1. The molecule has 3 aromatic carbocycles. The Morgan fingerprint density at radius 3 is 2.47 bits per heavy atom. The predicted octanol–water partition coefficient (Wildman–Crippen LogP) is 5.40. The second-order valence-corrected chi connectivity index (χ2v) is 9.51. The van der Waals surface area contributed by atoms with Gasteiger partial charge in [0.2, 0.25) is 5.91 Å². The third-order valence-electron chi connectivity index (χ3n) is 7.09. The number of fused-ring (bicyclic) bond motifs is 1. The summed E-state index contributed by atoms with van der Waals surface area (Å²) in [7, 11) is 0. The largest absolute Gasteiger partial charge is 0.360 e. The summed E-state index contributed by atoms with van der Waals surface area (Å²) in [6.45, 7) is 2.23. The third kappa shape index (κ3) is 3.73. The monoisotopic (exact) mass is 454 g/mol.